The van der Waals surface area contributed by atoms with Crippen molar-refractivity contribution in [2.24, 2.45) is 0 Å². The summed E-state index contributed by atoms with van der Waals surface area (Å²) in [5, 5.41) is 0.993. The number of nitrogens with zero attached hydrogens (tertiary/aromatic N) is 2. The largest absolute Gasteiger partial charge is 0.399 e. The minimum absolute atomic E-state index is 0.0947. The summed E-state index contributed by atoms with van der Waals surface area (Å²) in [4.78, 5) is 19.1. The number of fused-ring (bicyclic) bond motifs is 2. The van der Waals surface area contributed by atoms with E-state index in [0.717, 1.165) is 40.9 Å². The zero-order valence-corrected chi connectivity index (χ0v) is 12.7. The quantitative estimate of drug-likeness (QED) is 0.740. The molecule has 2 N–H and O–H groups in total. The van der Waals surface area contributed by atoms with Gasteiger partial charge in [-0.1, -0.05) is 24.3 Å². The minimum atomic E-state index is 0.0947. The number of anilines is 2. The third kappa shape index (κ3) is 2.52. The second-order valence-corrected chi connectivity index (χ2v) is 5.86. The second kappa shape index (κ2) is 5.39. The van der Waals surface area contributed by atoms with Crippen LogP contribution in [0.15, 0.2) is 54.6 Å². The molecule has 1 amide bonds. The number of hydrogen-bond donors (Lipinski definition) is 1. The molecule has 0 bridgehead atoms. The highest BCUT2D eigenvalue weighted by molar-refractivity contribution is 5.96. The molecule has 1 aliphatic heterocycles. The van der Waals surface area contributed by atoms with Gasteiger partial charge in [0.15, 0.2) is 0 Å². The maximum Gasteiger partial charge on any atom is 0.233 e. The van der Waals surface area contributed by atoms with Crippen LogP contribution in [0.25, 0.3) is 10.9 Å². The summed E-state index contributed by atoms with van der Waals surface area (Å²) in [5.74, 6) is 0.0947. The molecule has 1 aromatic heterocycles. The van der Waals surface area contributed by atoms with Crippen LogP contribution in [0, 0.1) is 0 Å². The molecular weight excluding hydrogens is 286 g/mol. The molecule has 0 spiro atoms. The number of carbonyl (C=O) groups is 1. The molecule has 0 aliphatic carbocycles. The maximum atomic E-state index is 12.6. The third-order valence-electron chi connectivity index (χ3n) is 4.29. The number of aromatic nitrogens is 1. The van der Waals surface area contributed by atoms with Gasteiger partial charge in [-0.05, 0) is 42.3 Å². The molecule has 0 atom stereocenters. The van der Waals surface area contributed by atoms with Crippen molar-refractivity contribution < 1.29 is 4.79 Å². The molecule has 114 valence electrons. The van der Waals surface area contributed by atoms with Crippen LogP contribution in [0.3, 0.4) is 0 Å². The normalized spacial score (nSPS) is 13.3. The summed E-state index contributed by atoms with van der Waals surface area (Å²) in [6, 6.07) is 17.6. The van der Waals surface area contributed by atoms with Crippen LogP contribution in [-0.2, 0) is 17.6 Å². The molecule has 0 fully saturated rings. The van der Waals surface area contributed by atoms with E-state index in [-0.39, 0.29) is 5.91 Å². The summed E-state index contributed by atoms with van der Waals surface area (Å²) in [5.41, 5.74) is 10.4. The summed E-state index contributed by atoms with van der Waals surface area (Å²) in [6.07, 6.45) is 1.24. The molecule has 1 aliphatic rings. The fraction of sp³-hybridized carbons (Fsp3) is 0.158. The van der Waals surface area contributed by atoms with Crippen LogP contribution in [-0.4, -0.2) is 17.4 Å². The first-order chi connectivity index (χ1) is 11.2. The van der Waals surface area contributed by atoms with Crippen molar-refractivity contribution in [1.82, 2.24) is 4.98 Å². The van der Waals surface area contributed by atoms with Gasteiger partial charge in [0.25, 0.3) is 0 Å². The number of benzene rings is 2. The molecule has 3 aromatic rings. The maximum absolute atomic E-state index is 12.6. The van der Waals surface area contributed by atoms with Crippen molar-refractivity contribution in [3.05, 3.63) is 65.9 Å². The summed E-state index contributed by atoms with van der Waals surface area (Å²) >= 11 is 0. The first kappa shape index (κ1) is 13.8. The number of amides is 1. The van der Waals surface area contributed by atoms with Gasteiger partial charge in [-0.3, -0.25) is 9.78 Å². The number of nitrogens with two attached hydrogens (primary N) is 1. The SMILES string of the molecule is Nc1ccc2nc(CC(=O)N3CCc4ccccc43)ccc2c1. The standard InChI is InChI=1S/C19H17N3O/c20-15-6-8-17-14(11-15)5-7-16(21-17)12-19(23)22-10-9-13-3-1-2-4-18(13)22/h1-8,11H,9-10,12,20H2. The molecule has 0 radical (unpaired) electrons. The Morgan fingerprint density at radius 3 is 2.91 bits per heavy atom. The van der Waals surface area contributed by atoms with Gasteiger partial charge in [-0.2, -0.15) is 0 Å². The van der Waals surface area contributed by atoms with Gasteiger partial charge in [-0.15, -0.1) is 0 Å². The fourth-order valence-electron chi connectivity index (χ4n) is 3.13. The summed E-state index contributed by atoms with van der Waals surface area (Å²) in [6.45, 7) is 0.752. The van der Waals surface area contributed by atoms with E-state index in [9.17, 15) is 4.79 Å². The number of pyridine rings is 1. The fourth-order valence-corrected chi connectivity index (χ4v) is 3.13. The molecule has 23 heavy (non-hydrogen) atoms. The first-order valence-electron chi connectivity index (χ1n) is 7.74. The van der Waals surface area contributed by atoms with Crippen molar-refractivity contribution >= 4 is 28.2 Å². The van der Waals surface area contributed by atoms with Gasteiger partial charge in [0.2, 0.25) is 5.91 Å². The van der Waals surface area contributed by atoms with Crippen molar-refractivity contribution in [2.75, 3.05) is 17.2 Å². The van der Waals surface area contributed by atoms with Gasteiger partial charge in [-0.25, -0.2) is 0 Å². The molecule has 4 heteroatoms. The highest BCUT2D eigenvalue weighted by Gasteiger charge is 2.24. The lowest BCUT2D eigenvalue weighted by Gasteiger charge is -2.17. The molecule has 0 saturated heterocycles. The first-order valence-corrected chi connectivity index (χ1v) is 7.74. The monoisotopic (exact) mass is 303 g/mol. The number of rotatable bonds is 2. The number of nitrogen functional groups attached to an aromatic ring is 1. The molecule has 0 saturated carbocycles. The zero-order valence-electron chi connectivity index (χ0n) is 12.7. The lowest BCUT2D eigenvalue weighted by molar-refractivity contribution is -0.117. The van der Waals surface area contributed by atoms with Crippen LogP contribution < -0.4 is 10.6 Å². The zero-order chi connectivity index (χ0) is 15.8. The molecule has 4 rings (SSSR count). The number of carbonyl (C=O) groups excluding carboxylic acids is 1. The Hall–Kier alpha value is -2.88. The van der Waals surface area contributed by atoms with E-state index in [1.54, 1.807) is 0 Å². The van der Waals surface area contributed by atoms with E-state index in [2.05, 4.69) is 11.1 Å². The van der Waals surface area contributed by atoms with Crippen LogP contribution >= 0.6 is 0 Å². The predicted octanol–water partition coefficient (Wildman–Crippen LogP) is 2.95. The minimum Gasteiger partial charge on any atom is -0.399 e. The van der Waals surface area contributed by atoms with E-state index in [1.165, 1.54) is 5.56 Å². The Kier molecular flexibility index (Phi) is 3.23. The lowest BCUT2D eigenvalue weighted by atomic mass is 10.1. The van der Waals surface area contributed by atoms with Gasteiger partial charge < -0.3 is 10.6 Å². The van der Waals surface area contributed by atoms with Gasteiger partial charge in [0.05, 0.1) is 17.6 Å². The van der Waals surface area contributed by atoms with Crippen molar-refractivity contribution in [1.29, 1.82) is 0 Å². The molecule has 2 aromatic carbocycles. The van der Waals surface area contributed by atoms with E-state index < -0.39 is 0 Å². The molecule has 2 heterocycles. The average molecular weight is 303 g/mol. The summed E-state index contributed by atoms with van der Waals surface area (Å²) < 4.78 is 0. The molecule has 4 nitrogen and oxygen atoms in total. The van der Waals surface area contributed by atoms with Crippen molar-refractivity contribution in [3.8, 4) is 0 Å². The van der Waals surface area contributed by atoms with Crippen molar-refractivity contribution in [2.45, 2.75) is 12.8 Å². The highest BCUT2D eigenvalue weighted by Crippen LogP contribution is 2.28. The predicted molar refractivity (Wildman–Crippen MR) is 92.4 cm³/mol. The Bertz CT molecular complexity index is 904. The summed E-state index contributed by atoms with van der Waals surface area (Å²) in [7, 11) is 0. The number of para-hydroxylation sites is 1. The topological polar surface area (TPSA) is 59.2 Å². The smallest absolute Gasteiger partial charge is 0.233 e. The average Bonchev–Trinajstić information content (AvgIpc) is 2.99. The van der Waals surface area contributed by atoms with E-state index in [0.29, 0.717) is 6.42 Å². The number of hydrogen-bond acceptors (Lipinski definition) is 3. The Balaban J connectivity index is 1.59. The van der Waals surface area contributed by atoms with Crippen molar-refractivity contribution in [3.63, 3.8) is 0 Å². The Morgan fingerprint density at radius 2 is 2.00 bits per heavy atom. The Labute approximate surface area is 134 Å². The van der Waals surface area contributed by atoms with E-state index in [4.69, 9.17) is 5.73 Å². The van der Waals surface area contributed by atoms with Gasteiger partial charge in [0, 0.05) is 23.3 Å². The molecular formula is C19H17N3O. The van der Waals surface area contributed by atoms with Gasteiger partial charge >= 0.3 is 0 Å². The third-order valence-corrected chi connectivity index (χ3v) is 4.29. The molecule has 0 unspecified atom stereocenters. The van der Waals surface area contributed by atoms with Crippen LogP contribution in [0.2, 0.25) is 0 Å². The van der Waals surface area contributed by atoms with E-state index in [1.807, 2.05) is 53.4 Å². The second-order valence-electron chi connectivity index (χ2n) is 5.86. The van der Waals surface area contributed by atoms with Crippen LogP contribution in [0.5, 0.6) is 0 Å². The Morgan fingerprint density at radius 1 is 1.13 bits per heavy atom. The highest BCUT2D eigenvalue weighted by atomic mass is 16.2. The lowest BCUT2D eigenvalue weighted by Crippen LogP contribution is -2.30. The van der Waals surface area contributed by atoms with E-state index >= 15 is 0 Å². The van der Waals surface area contributed by atoms with Crippen LogP contribution in [0.4, 0.5) is 11.4 Å². The van der Waals surface area contributed by atoms with Crippen LogP contribution in [0.1, 0.15) is 11.3 Å². The van der Waals surface area contributed by atoms with Gasteiger partial charge in [0.1, 0.15) is 0 Å².